The first kappa shape index (κ1) is 11.7. The molecule has 1 aromatic heterocycles. The first-order valence-electron chi connectivity index (χ1n) is 4.39. The van der Waals surface area contributed by atoms with E-state index >= 15 is 0 Å². The number of anilines is 1. The summed E-state index contributed by atoms with van der Waals surface area (Å²) in [6, 6.07) is 0. The van der Waals surface area contributed by atoms with Gasteiger partial charge in [0.25, 0.3) is 0 Å². The third-order valence-corrected chi connectivity index (χ3v) is 3.72. The fourth-order valence-corrected chi connectivity index (χ4v) is 2.50. The van der Waals surface area contributed by atoms with Crippen LogP contribution < -0.4 is 11.3 Å². The van der Waals surface area contributed by atoms with Crippen LogP contribution in [0.4, 0.5) is 5.82 Å². The molecule has 14 heavy (non-hydrogen) atoms. The summed E-state index contributed by atoms with van der Waals surface area (Å²) in [6.07, 6.45) is 3.89. The van der Waals surface area contributed by atoms with Gasteiger partial charge in [-0.15, -0.1) is 11.8 Å². The maximum Gasteiger partial charge on any atom is 0.158 e. The summed E-state index contributed by atoms with van der Waals surface area (Å²) in [5.74, 6) is 6.98. The van der Waals surface area contributed by atoms with Gasteiger partial charge in [-0.25, -0.2) is 15.8 Å². The van der Waals surface area contributed by atoms with Crippen LogP contribution in [0.15, 0.2) is 15.8 Å². The molecule has 0 amide bonds. The Hall–Kier alpha value is -0.330. The van der Waals surface area contributed by atoms with Crippen molar-refractivity contribution in [2.45, 2.75) is 24.8 Å². The van der Waals surface area contributed by atoms with Crippen LogP contribution in [0, 0.1) is 0 Å². The molecular formula is C8H13BrN4S. The summed E-state index contributed by atoms with van der Waals surface area (Å²) >= 11 is 5.11. The van der Waals surface area contributed by atoms with Gasteiger partial charge in [0.05, 0.1) is 4.47 Å². The van der Waals surface area contributed by atoms with Gasteiger partial charge in [0.2, 0.25) is 0 Å². The van der Waals surface area contributed by atoms with Crippen molar-refractivity contribution in [1.82, 2.24) is 9.97 Å². The zero-order valence-corrected chi connectivity index (χ0v) is 10.4. The van der Waals surface area contributed by atoms with Gasteiger partial charge in [-0.3, -0.25) is 0 Å². The Kier molecular flexibility index (Phi) is 5.21. The van der Waals surface area contributed by atoms with Crippen molar-refractivity contribution in [3.8, 4) is 0 Å². The van der Waals surface area contributed by atoms with Crippen molar-refractivity contribution in [3.05, 3.63) is 10.8 Å². The minimum Gasteiger partial charge on any atom is -0.307 e. The van der Waals surface area contributed by atoms with E-state index in [1.807, 2.05) is 0 Å². The van der Waals surface area contributed by atoms with Crippen molar-refractivity contribution in [1.29, 1.82) is 0 Å². The number of thioether (sulfide) groups is 1. The van der Waals surface area contributed by atoms with Gasteiger partial charge in [-0.2, -0.15) is 0 Å². The number of hydrazine groups is 1. The molecule has 0 bridgehead atoms. The average molecular weight is 277 g/mol. The molecular weight excluding hydrogens is 264 g/mol. The number of nitrogens with one attached hydrogen (secondary N) is 1. The SMILES string of the molecule is CCCCSc1ncnc(NN)c1Br. The van der Waals surface area contributed by atoms with Gasteiger partial charge in [-0.05, 0) is 28.1 Å². The minimum absolute atomic E-state index is 0.624. The maximum absolute atomic E-state index is 5.29. The maximum atomic E-state index is 5.29. The smallest absolute Gasteiger partial charge is 0.158 e. The Morgan fingerprint density at radius 3 is 3.00 bits per heavy atom. The van der Waals surface area contributed by atoms with Crippen molar-refractivity contribution in [2.75, 3.05) is 11.2 Å². The minimum atomic E-state index is 0.624. The largest absolute Gasteiger partial charge is 0.307 e. The highest BCUT2D eigenvalue weighted by molar-refractivity contribution is 9.10. The van der Waals surface area contributed by atoms with E-state index in [2.05, 4.69) is 38.2 Å². The molecule has 1 aromatic rings. The molecule has 0 aliphatic heterocycles. The van der Waals surface area contributed by atoms with Crippen LogP contribution >= 0.6 is 27.7 Å². The Morgan fingerprint density at radius 1 is 1.57 bits per heavy atom. The molecule has 4 nitrogen and oxygen atoms in total. The molecule has 0 saturated carbocycles. The molecule has 78 valence electrons. The Balaban J connectivity index is 2.66. The van der Waals surface area contributed by atoms with Crippen molar-refractivity contribution in [3.63, 3.8) is 0 Å². The summed E-state index contributed by atoms with van der Waals surface area (Å²) in [6.45, 7) is 2.17. The van der Waals surface area contributed by atoms with Gasteiger partial charge < -0.3 is 5.43 Å². The predicted octanol–water partition coefficient (Wildman–Crippen LogP) is 2.42. The molecule has 0 fully saturated rings. The normalized spacial score (nSPS) is 10.2. The second kappa shape index (κ2) is 6.21. The lowest BCUT2D eigenvalue weighted by molar-refractivity contribution is 0.893. The molecule has 0 radical (unpaired) electrons. The Labute approximate surface area is 96.2 Å². The molecule has 1 rings (SSSR count). The summed E-state index contributed by atoms with van der Waals surface area (Å²) in [5, 5.41) is 0.932. The summed E-state index contributed by atoms with van der Waals surface area (Å²) in [4.78, 5) is 8.15. The number of halogens is 1. The van der Waals surface area contributed by atoms with E-state index in [0.717, 1.165) is 15.3 Å². The van der Waals surface area contributed by atoms with E-state index in [0.29, 0.717) is 5.82 Å². The number of nitrogens with two attached hydrogens (primary N) is 1. The molecule has 6 heteroatoms. The van der Waals surface area contributed by atoms with Crippen molar-refractivity contribution >= 4 is 33.5 Å². The fraction of sp³-hybridized carbons (Fsp3) is 0.500. The molecule has 1 heterocycles. The molecule has 3 N–H and O–H groups in total. The molecule has 0 aliphatic rings. The molecule has 0 unspecified atom stereocenters. The second-order valence-electron chi connectivity index (χ2n) is 2.69. The molecule has 0 aliphatic carbocycles. The van der Waals surface area contributed by atoms with Gasteiger partial charge in [0, 0.05) is 0 Å². The first-order valence-corrected chi connectivity index (χ1v) is 6.17. The number of hydrogen-bond acceptors (Lipinski definition) is 5. The highest BCUT2D eigenvalue weighted by Gasteiger charge is 2.07. The Morgan fingerprint density at radius 2 is 2.36 bits per heavy atom. The average Bonchev–Trinajstić information content (AvgIpc) is 2.21. The van der Waals surface area contributed by atoms with Crippen LogP contribution in [0.1, 0.15) is 19.8 Å². The van der Waals surface area contributed by atoms with E-state index in [1.165, 1.54) is 19.2 Å². The lowest BCUT2D eigenvalue weighted by Crippen LogP contribution is -2.09. The highest BCUT2D eigenvalue weighted by Crippen LogP contribution is 2.29. The van der Waals surface area contributed by atoms with Crippen LogP contribution in [0.3, 0.4) is 0 Å². The summed E-state index contributed by atoms with van der Waals surface area (Å²) < 4.78 is 0.837. The number of unbranched alkanes of at least 4 members (excludes halogenated alkanes) is 1. The molecule has 0 saturated heterocycles. The number of aromatic nitrogens is 2. The zero-order valence-electron chi connectivity index (χ0n) is 7.96. The van der Waals surface area contributed by atoms with Crippen molar-refractivity contribution < 1.29 is 0 Å². The number of hydrogen-bond donors (Lipinski definition) is 2. The summed E-state index contributed by atoms with van der Waals surface area (Å²) in [7, 11) is 0. The van der Waals surface area contributed by atoms with Crippen LogP contribution in [0.2, 0.25) is 0 Å². The first-order chi connectivity index (χ1) is 6.79. The van der Waals surface area contributed by atoms with Gasteiger partial charge in [0.15, 0.2) is 5.82 Å². The van der Waals surface area contributed by atoms with E-state index < -0.39 is 0 Å². The van der Waals surface area contributed by atoms with Gasteiger partial charge in [0.1, 0.15) is 11.4 Å². The monoisotopic (exact) mass is 276 g/mol. The number of nitrogens with zero attached hydrogens (tertiary/aromatic N) is 2. The van der Waals surface area contributed by atoms with E-state index in [-0.39, 0.29) is 0 Å². The fourth-order valence-electron chi connectivity index (χ4n) is 0.868. The zero-order chi connectivity index (χ0) is 10.4. The second-order valence-corrected chi connectivity index (χ2v) is 4.56. The molecule has 0 spiro atoms. The lowest BCUT2D eigenvalue weighted by Gasteiger charge is -2.05. The van der Waals surface area contributed by atoms with E-state index in [4.69, 9.17) is 5.84 Å². The number of nitrogen functional groups attached to an aromatic ring is 1. The quantitative estimate of drug-likeness (QED) is 0.284. The van der Waals surface area contributed by atoms with Crippen LogP contribution in [0.25, 0.3) is 0 Å². The number of rotatable bonds is 5. The standard InChI is InChI=1S/C8H13BrN4S/c1-2-3-4-14-8-6(9)7(13-10)11-5-12-8/h5H,2-4,10H2,1H3,(H,11,12,13). The molecule has 0 atom stereocenters. The Bertz CT molecular complexity index is 295. The van der Waals surface area contributed by atoms with Crippen molar-refractivity contribution in [2.24, 2.45) is 5.84 Å². The predicted molar refractivity (Wildman–Crippen MR) is 63.2 cm³/mol. The van der Waals surface area contributed by atoms with Gasteiger partial charge in [-0.1, -0.05) is 13.3 Å². The third kappa shape index (κ3) is 3.11. The third-order valence-electron chi connectivity index (χ3n) is 1.63. The lowest BCUT2D eigenvalue weighted by atomic mass is 10.4. The van der Waals surface area contributed by atoms with E-state index in [9.17, 15) is 0 Å². The summed E-state index contributed by atoms with van der Waals surface area (Å²) in [5.41, 5.74) is 2.51. The van der Waals surface area contributed by atoms with Gasteiger partial charge >= 0.3 is 0 Å². The highest BCUT2D eigenvalue weighted by atomic mass is 79.9. The van der Waals surface area contributed by atoms with E-state index in [1.54, 1.807) is 11.8 Å². The van der Waals surface area contributed by atoms with Crippen LogP contribution in [-0.4, -0.2) is 15.7 Å². The molecule has 0 aromatic carbocycles. The van der Waals surface area contributed by atoms with Crippen LogP contribution in [0.5, 0.6) is 0 Å². The van der Waals surface area contributed by atoms with Crippen LogP contribution in [-0.2, 0) is 0 Å². The topological polar surface area (TPSA) is 63.8 Å².